The van der Waals surface area contributed by atoms with E-state index >= 15 is 0 Å². The Morgan fingerprint density at radius 2 is 2.12 bits per heavy atom. The van der Waals surface area contributed by atoms with Crippen LogP contribution in [0.15, 0.2) is 46.1 Å². The molecule has 0 spiro atoms. The molecule has 1 atom stereocenters. The lowest BCUT2D eigenvalue weighted by atomic mass is 9.96. The molecule has 1 aromatic carbocycles. The Kier molecular flexibility index (Phi) is 6.81. The number of aromatic nitrogens is 2. The number of H-pyrrole nitrogens is 1. The third-order valence-electron chi connectivity index (χ3n) is 7.07. The molecule has 1 saturated heterocycles. The number of thiophene rings is 1. The normalized spacial score (nSPS) is 18.7. The first kappa shape index (κ1) is 22.8. The number of aryl methyl sites for hydroxylation is 1. The molecule has 0 saturated carbocycles. The van der Waals surface area contributed by atoms with Crippen LogP contribution in [0.4, 0.5) is 5.95 Å². The van der Waals surface area contributed by atoms with E-state index in [2.05, 4.69) is 40.3 Å². The zero-order valence-electron chi connectivity index (χ0n) is 19.7. The average Bonchev–Trinajstić information content (AvgIpc) is 3.29. The Bertz CT molecular complexity index is 1280. The number of fused-ring (bicyclic) bond motifs is 1. The van der Waals surface area contributed by atoms with Crippen molar-refractivity contribution in [3.05, 3.63) is 57.2 Å². The predicted octanol–water partition coefficient (Wildman–Crippen LogP) is 5.18. The Morgan fingerprint density at radius 1 is 1.24 bits per heavy atom. The van der Waals surface area contributed by atoms with Crippen molar-refractivity contribution in [3.63, 3.8) is 0 Å². The summed E-state index contributed by atoms with van der Waals surface area (Å²) in [7, 11) is 0. The van der Waals surface area contributed by atoms with Crippen molar-refractivity contribution in [1.82, 2.24) is 15.3 Å². The molecular weight excluding hydrogens is 444 g/mol. The Hall–Kier alpha value is -2.93. The van der Waals surface area contributed by atoms with E-state index in [4.69, 9.17) is 4.98 Å². The minimum atomic E-state index is -0.114. The smallest absolute Gasteiger partial charge is 0.270 e. The van der Waals surface area contributed by atoms with E-state index in [-0.39, 0.29) is 17.4 Å². The van der Waals surface area contributed by atoms with Gasteiger partial charge in [0, 0.05) is 30.6 Å². The number of anilines is 1. The van der Waals surface area contributed by atoms with Crippen molar-refractivity contribution in [3.8, 4) is 11.1 Å². The van der Waals surface area contributed by atoms with Gasteiger partial charge in [0.2, 0.25) is 11.9 Å². The minimum Gasteiger partial charge on any atom is -0.355 e. The van der Waals surface area contributed by atoms with Crippen LogP contribution < -0.4 is 15.8 Å². The first-order valence-electron chi connectivity index (χ1n) is 12.4. The summed E-state index contributed by atoms with van der Waals surface area (Å²) >= 11 is 1.43. The maximum Gasteiger partial charge on any atom is 0.270 e. The SMILES string of the molecule is Cc1ccccc1-c1csc2c(=O)[nH]c(N3CCC[C@@H](C(=O)NCCC4=CCCCC4)C3)nc12. The highest BCUT2D eigenvalue weighted by Crippen LogP contribution is 2.34. The summed E-state index contributed by atoms with van der Waals surface area (Å²) in [4.78, 5) is 35.7. The van der Waals surface area contributed by atoms with Crippen molar-refractivity contribution in [1.29, 1.82) is 0 Å². The summed E-state index contributed by atoms with van der Waals surface area (Å²) in [6.07, 6.45) is 9.95. The van der Waals surface area contributed by atoms with E-state index < -0.39 is 0 Å². The van der Waals surface area contributed by atoms with Crippen molar-refractivity contribution in [2.45, 2.75) is 51.9 Å². The number of hydrogen-bond donors (Lipinski definition) is 2. The van der Waals surface area contributed by atoms with Crippen LogP contribution in [0.3, 0.4) is 0 Å². The zero-order chi connectivity index (χ0) is 23.5. The molecule has 1 amide bonds. The molecule has 0 bridgehead atoms. The molecule has 2 aliphatic rings. The van der Waals surface area contributed by atoms with Crippen molar-refractivity contribution in [2.75, 3.05) is 24.5 Å². The number of nitrogens with zero attached hydrogens (tertiary/aromatic N) is 2. The van der Waals surface area contributed by atoms with Gasteiger partial charge in [0.15, 0.2) is 0 Å². The van der Waals surface area contributed by atoms with Gasteiger partial charge in [0.25, 0.3) is 5.56 Å². The topological polar surface area (TPSA) is 78.1 Å². The number of allylic oxidation sites excluding steroid dienone is 1. The Morgan fingerprint density at radius 3 is 2.94 bits per heavy atom. The number of rotatable bonds is 6. The quantitative estimate of drug-likeness (QED) is 0.481. The van der Waals surface area contributed by atoms with Crippen molar-refractivity contribution >= 4 is 33.4 Å². The molecule has 1 fully saturated rings. The van der Waals surface area contributed by atoms with Crippen molar-refractivity contribution in [2.24, 2.45) is 5.92 Å². The summed E-state index contributed by atoms with van der Waals surface area (Å²) in [5.74, 6) is 0.588. The maximum absolute atomic E-state index is 12.9. The number of carbonyl (C=O) groups excluding carboxylic acids is 1. The van der Waals surface area contributed by atoms with Crippen LogP contribution in [-0.4, -0.2) is 35.5 Å². The van der Waals surface area contributed by atoms with Crippen LogP contribution in [0.25, 0.3) is 21.3 Å². The molecule has 1 aliphatic heterocycles. The van der Waals surface area contributed by atoms with Gasteiger partial charge in [-0.15, -0.1) is 11.3 Å². The van der Waals surface area contributed by atoms with Crippen LogP contribution in [0, 0.1) is 12.8 Å². The number of piperidine rings is 1. The number of aromatic amines is 1. The van der Waals surface area contributed by atoms with E-state index in [9.17, 15) is 9.59 Å². The highest BCUT2D eigenvalue weighted by atomic mass is 32.1. The second-order valence-corrected chi connectivity index (χ2v) is 10.3. The van der Waals surface area contributed by atoms with E-state index in [0.717, 1.165) is 48.0 Å². The first-order chi connectivity index (χ1) is 16.6. The van der Waals surface area contributed by atoms with Crippen LogP contribution in [0.5, 0.6) is 0 Å². The summed E-state index contributed by atoms with van der Waals surface area (Å²) in [5.41, 5.74) is 5.36. The average molecular weight is 477 g/mol. The van der Waals surface area contributed by atoms with Gasteiger partial charge in [-0.3, -0.25) is 14.6 Å². The van der Waals surface area contributed by atoms with Gasteiger partial charge < -0.3 is 10.2 Å². The second-order valence-electron chi connectivity index (χ2n) is 9.47. The first-order valence-corrected chi connectivity index (χ1v) is 13.3. The third kappa shape index (κ3) is 4.80. The lowest BCUT2D eigenvalue weighted by molar-refractivity contribution is -0.125. The molecule has 3 heterocycles. The molecule has 34 heavy (non-hydrogen) atoms. The number of benzene rings is 1. The molecule has 0 radical (unpaired) electrons. The monoisotopic (exact) mass is 476 g/mol. The van der Waals surface area contributed by atoms with E-state index in [1.807, 2.05) is 17.5 Å². The molecule has 178 valence electrons. The number of nitrogens with one attached hydrogen (secondary N) is 2. The fourth-order valence-electron chi connectivity index (χ4n) is 5.14. The molecule has 7 heteroatoms. The van der Waals surface area contributed by atoms with Crippen LogP contribution in [0.1, 0.15) is 50.5 Å². The highest BCUT2D eigenvalue weighted by molar-refractivity contribution is 7.17. The van der Waals surface area contributed by atoms with Crippen LogP contribution >= 0.6 is 11.3 Å². The summed E-state index contributed by atoms with van der Waals surface area (Å²) in [5, 5.41) is 5.17. The van der Waals surface area contributed by atoms with Gasteiger partial charge >= 0.3 is 0 Å². The number of hydrogen-bond acceptors (Lipinski definition) is 5. The summed E-state index contributed by atoms with van der Waals surface area (Å²) in [6, 6.07) is 8.18. The van der Waals surface area contributed by atoms with E-state index in [0.29, 0.717) is 23.7 Å². The van der Waals surface area contributed by atoms with Gasteiger partial charge in [0.05, 0.1) is 11.4 Å². The van der Waals surface area contributed by atoms with Gasteiger partial charge in [0.1, 0.15) is 4.70 Å². The molecule has 2 aromatic heterocycles. The van der Waals surface area contributed by atoms with Gasteiger partial charge in [-0.05, 0) is 63.0 Å². The Balaban J connectivity index is 1.31. The fraction of sp³-hybridized carbons (Fsp3) is 0.444. The molecule has 5 rings (SSSR count). The molecular formula is C27H32N4O2S. The van der Waals surface area contributed by atoms with Gasteiger partial charge in [-0.2, -0.15) is 0 Å². The van der Waals surface area contributed by atoms with Crippen LogP contribution in [0.2, 0.25) is 0 Å². The van der Waals surface area contributed by atoms with Crippen molar-refractivity contribution < 1.29 is 4.79 Å². The molecule has 2 N–H and O–H groups in total. The molecule has 0 unspecified atom stereocenters. The summed E-state index contributed by atoms with van der Waals surface area (Å²) < 4.78 is 0.644. The minimum absolute atomic E-state index is 0.0894. The largest absolute Gasteiger partial charge is 0.355 e. The maximum atomic E-state index is 12.9. The fourth-order valence-corrected chi connectivity index (χ4v) is 6.04. The highest BCUT2D eigenvalue weighted by Gasteiger charge is 2.27. The standard InChI is InChI=1S/C27H32N4O2S/c1-18-8-5-6-12-21(18)22-17-34-24-23(22)29-27(30-26(24)33)31-15-7-11-20(16-31)25(32)28-14-13-19-9-3-2-4-10-19/h5-6,8-9,12,17,20H,2-4,7,10-11,13-16H2,1H3,(H,28,32)(H,29,30,33)/t20-/m1/s1. The number of amides is 1. The molecule has 6 nitrogen and oxygen atoms in total. The zero-order valence-corrected chi connectivity index (χ0v) is 20.5. The second kappa shape index (κ2) is 10.1. The molecule has 3 aromatic rings. The van der Waals surface area contributed by atoms with Gasteiger partial charge in [-0.25, -0.2) is 4.98 Å². The third-order valence-corrected chi connectivity index (χ3v) is 8.04. The summed E-state index contributed by atoms with van der Waals surface area (Å²) in [6.45, 7) is 4.14. The lowest BCUT2D eigenvalue weighted by Crippen LogP contribution is -2.44. The number of carbonyl (C=O) groups is 1. The van der Waals surface area contributed by atoms with E-state index in [1.165, 1.54) is 42.6 Å². The van der Waals surface area contributed by atoms with Crippen LogP contribution in [-0.2, 0) is 4.79 Å². The predicted molar refractivity (Wildman–Crippen MR) is 140 cm³/mol. The molecule has 1 aliphatic carbocycles. The van der Waals surface area contributed by atoms with Gasteiger partial charge in [-0.1, -0.05) is 35.9 Å². The lowest BCUT2D eigenvalue weighted by Gasteiger charge is -2.32. The van der Waals surface area contributed by atoms with E-state index in [1.54, 1.807) is 0 Å². The Labute approximate surface area is 204 Å².